The molecule has 0 spiro atoms. The zero-order valence-corrected chi connectivity index (χ0v) is 16.5. The summed E-state index contributed by atoms with van der Waals surface area (Å²) in [5.74, 6) is -0.299. The Balaban J connectivity index is 1.70. The van der Waals surface area contributed by atoms with E-state index in [1.165, 1.54) is 0 Å². The molecule has 2 aromatic heterocycles. The number of pyridine rings is 1. The van der Waals surface area contributed by atoms with Crippen molar-refractivity contribution in [2.45, 2.75) is 13.5 Å². The van der Waals surface area contributed by atoms with Crippen molar-refractivity contribution < 1.29 is 4.79 Å². The Kier molecular flexibility index (Phi) is 5.35. The Labute approximate surface area is 173 Å². The van der Waals surface area contributed by atoms with E-state index in [2.05, 4.69) is 20.6 Å². The van der Waals surface area contributed by atoms with Crippen molar-refractivity contribution in [3.8, 4) is 16.9 Å². The second-order valence-corrected chi connectivity index (χ2v) is 6.96. The second-order valence-electron chi connectivity index (χ2n) is 6.53. The molecular weight excluding hydrogens is 386 g/mol. The number of amides is 1. The quantitative estimate of drug-likeness (QED) is 0.541. The molecule has 0 saturated heterocycles. The van der Waals surface area contributed by atoms with Gasteiger partial charge in [-0.2, -0.15) is 0 Å². The molecule has 0 aliphatic heterocycles. The topological polar surface area (TPSA) is 72.7 Å². The van der Waals surface area contributed by atoms with E-state index in [0.29, 0.717) is 17.3 Å². The van der Waals surface area contributed by atoms with Crippen LogP contribution in [0, 0.1) is 6.92 Å². The zero-order chi connectivity index (χ0) is 20.2. The summed E-state index contributed by atoms with van der Waals surface area (Å²) in [5.41, 5.74) is 4.47. The van der Waals surface area contributed by atoms with Gasteiger partial charge in [0, 0.05) is 29.5 Å². The van der Waals surface area contributed by atoms with Crippen molar-refractivity contribution in [2.75, 3.05) is 0 Å². The van der Waals surface area contributed by atoms with Crippen LogP contribution in [0.2, 0.25) is 5.02 Å². The van der Waals surface area contributed by atoms with Crippen molar-refractivity contribution in [1.82, 2.24) is 25.3 Å². The first-order valence-electron chi connectivity index (χ1n) is 9.08. The molecule has 0 aliphatic carbocycles. The summed E-state index contributed by atoms with van der Waals surface area (Å²) in [7, 11) is 0. The number of hydrogen-bond donors (Lipinski definition) is 1. The first-order valence-corrected chi connectivity index (χ1v) is 9.46. The minimum absolute atomic E-state index is 0.238. The molecule has 1 N–H and O–H groups in total. The Morgan fingerprint density at radius 1 is 1.07 bits per heavy atom. The van der Waals surface area contributed by atoms with Gasteiger partial charge in [-0.3, -0.25) is 9.78 Å². The van der Waals surface area contributed by atoms with Gasteiger partial charge < -0.3 is 5.32 Å². The highest BCUT2D eigenvalue weighted by Gasteiger charge is 2.22. The average molecular weight is 404 g/mol. The van der Waals surface area contributed by atoms with Gasteiger partial charge in [0.05, 0.1) is 5.69 Å². The summed E-state index contributed by atoms with van der Waals surface area (Å²) in [4.78, 5) is 17.1. The minimum Gasteiger partial charge on any atom is -0.346 e. The third-order valence-electron chi connectivity index (χ3n) is 4.59. The van der Waals surface area contributed by atoms with Crippen molar-refractivity contribution in [3.05, 3.63) is 94.9 Å². The summed E-state index contributed by atoms with van der Waals surface area (Å²) >= 11 is 6.00. The highest BCUT2D eigenvalue weighted by atomic mass is 35.5. The number of aromatic nitrogens is 4. The number of rotatable bonds is 5. The largest absolute Gasteiger partial charge is 0.346 e. The van der Waals surface area contributed by atoms with E-state index in [-0.39, 0.29) is 11.6 Å². The Morgan fingerprint density at radius 3 is 2.59 bits per heavy atom. The number of benzene rings is 2. The normalized spacial score (nSPS) is 10.7. The smallest absolute Gasteiger partial charge is 0.274 e. The van der Waals surface area contributed by atoms with Gasteiger partial charge in [-0.1, -0.05) is 41.1 Å². The van der Waals surface area contributed by atoms with Crippen LogP contribution >= 0.6 is 11.6 Å². The summed E-state index contributed by atoms with van der Waals surface area (Å²) < 4.78 is 1.62. The highest BCUT2D eigenvalue weighted by Crippen LogP contribution is 2.25. The predicted molar refractivity (Wildman–Crippen MR) is 112 cm³/mol. The monoisotopic (exact) mass is 403 g/mol. The Bertz CT molecular complexity index is 1140. The second kappa shape index (κ2) is 8.24. The zero-order valence-electron chi connectivity index (χ0n) is 15.7. The van der Waals surface area contributed by atoms with Gasteiger partial charge in [-0.05, 0) is 54.4 Å². The molecule has 2 heterocycles. The van der Waals surface area contributed by atoms with Gasteiger partial charge in [0.1, 0.15) is 5.69 Å². The maximum atomic E-state index is 13.0. The molecule has 6 nitrogen and oxygen atoms in total. The number of carbonyl (C=O) groups is 1. The van der Waals surface area contributed by atoms with Gasteiger partial charge in [0.2, 0.25) is 0 Å². The molecule has 0 unspecified atom stereocenters. The molecule has 4 aromatic rings. The van der Waals surface area contributed by atoms with E-state index >= 15 is 0 Å². The van der Waals surface area contributed by atoms with E-state index in [9.17, 15) is 4.79 Å². The van der Waals surface area contributed by atoms with Gasteiger partial charge in [-0.25, -0.2) is 4.68 Å². The van der Waals surface area contributed by atoms with Crippen LogP contribution in [0.4, 0.5) is 0 Å². The van der Waals surface area contributed by atoms with Crippen molar-refractivity contribution >= 4 is 17.5 Å². The molecule has 0 aliphatic rings. The summed E-state index contributed by atoms with van der Waals surface area (Å²) in [6, 6.07) is 18.8. The van der Waals surface area contributed by atoms with Gasteiger partial charge in [0.25, 0.3) is 5.91 Å². The lowest BCUT2D eigenvalue weighted by atomic mass is 10.1. The van der Waals surface area contributed by atoms with Gasteiger partial charge >= 0.3 is 0 Å². The molecule has 0 bridgehead atoms. The van der Waals surface area contributed by atoms with Crippen LogP contribution < -0.4 is 5.32 Å². The molecule has 0 saturated carbocycles. The first-order chi connectivity index (χ1) is 14.1. The molecule has 0 radical (unpaired) electrons. The van der Waals surface area contributed by atoms with Crippen LogP contribution in [0.3, 0.4) is 0 Å². The maximum absolute atomic E-state index is 13.0. The van der Waals surface area contributed by atoms with E-state index < -0.39 is 0 Å². The lowest BCUT2D eigenvalue weighted by molar-refractivity contribution is 0.0946. The molecule has 7 heteroatoms. The summed E-state index contributed by atoms with van der Waals surface area (Å²) in [6.07, 6.45) is 3.36. The van der Waals surface area contributed by atoms with Crippen LogP contribution in [0.25, 0.3) is 16.9 Å². The molecule has 144 valence electrons. The van der Waals surface area contributed by atoms with E-state index in [1.54, 1.807) is 29.2 Å². The predicted octanol–water partition coefficient (Wildman–Crippen LogP) is 4.22. The summed E-state index contributed by atoms with van der Waals surface area (Å²) in [5, 5.41) is 11.9. The highest BCUT2D eigenvalue weighted by molar-refractivity contribution is 6.30. The van der Waals surface area contributed by atoms with E-state index in [1.807, 2.05) is 55.5 Å². The summed E-state index contributed by atoms with van der Waals surface area (Å²) in [6.45, 7) is 2.42. The average Bonchev–Trinajstić information content (AvgIpc) is 3.19. The number of nitrogens with zero attached hydrogens (tertiary/aromatic N) is 4. The lowest BCUT2D eigenvalue weighted by Crippen LogP contribution is -2.24. The van der Waals surface area contributed by atoms with E-state index in [4.69, 9.17) is 11.6 Å². The first kappa shape index (κ1) is 18.8. The number of aryl methyl sites for hydroxylation is 1. The molecule has 1 amide bonds. The van der Waals surface area contributed by atoms with Crippen LogP contribution in [-0.4, -0.2) is 25.9 Å². The fraction of sp³-hybridized carbons (Fsp3) is 0.0909. The standard InChI is InChI=1S/C22H18ClN5O/c1-15-5-2-3-6-16(15)14-25-22(29)20-21(17-7-4-12-24-13-17)28(27-26-20)19-10-8-18(23)9-11-19/h2-13H,14H2,1H3,(H,25,29). The third-order valence-corrected chi connectivity index (χ3v) is 4.84. The Morgan fingerprint density at radius 2 is 1.86 bits per heavy atom. The molecule has 4 rings (SSSR count). The van der Waals surface area contributed by atoms with Crippen molar-refractivity contribution in [1.29, 1.82) is 0 Å². The van der Waals surface area contributed by atoms with Gasteiger partial charge in [-0.15, -0.1) is 5.10 Å². The molecule has 0 fully saturated rings. The van der Waals surface area contributed by atoms with Gasteiger partial charge in [0.15, 0.2) is 5.69 Å². The fourth-order valence-corrected chi connectivity index (χ4v) is 3.15. The van der Waals surface area contributed by atoms with E-state index in [0.717, 1.165) is 22.4 Å². The fourth-order valence-electron chi connectivity index (χ4n) is 3.03. The number of hydrogen-bond acceptors (Lipinski definition) is 4. The van der Waals surface area contributed by atoms with Crippen LogP contribution in [-0.2, 0) is 6.54 Å². The van der Waals surface area contributed by atoms with Crippen LogP contribution in [0.15, 0.2) is 73.1 Å². The van der Waals surface area contributed by atoms with Crippen molar-refractivity contribution in [2.24, 2.45) is 0 Å². The third kappa shape index (κ3) is 4.02. The minimum atomic E-state index is -0.299. The molecule has 2 aromatic carbocycles. The van der Waals surface area contributed by atoms with Crippen LogP contribution in [0.5, 0.6) is 0 Å². The number of halogens is 1. The molecule has 29 heavy (non-hydrogen) atoms. The Hall–Kier alpha value is -3.51. The lowest BCUT2D eigenvalue weighted by Gasteiger charge is -2.10. The number of carbonyl (C=O) groups excluding carboxylic acids is 1. The number of nitrogens with one attached hydrogen (secondary N) is 1. The molecular formula is C22H18ClN5O. The SMILES string of the molecule is Cc1ccccc1CNC(=O)c1nnn(-c2ccc(Cl)cc2)c1-c1cccnc1. The molecule has 0 atom stereocenters. The van der Waals surface area contributed by atoms with Crippen molar-refractivity contribution in [3.63, 3.8) is 0 Å². The maximum Gasteiger partial charge on any atom is 0.274 e. The van der Waals surface area contributed by atoms with Crippen LogP contribution in [0.1, 0.15) is 21.6 Å².